The number of furan rings is 1. The van der Waals surface area contributed by atoms with Crippen LogP contribution >= 0.6 is 11.3 Å². The van der Waals surface area contributed by atoms with Crippen molar-refractivity contribution in [3.63, 3.8) is 0 Å². The number of hydrogen-bond donors (Lipinski definition) is 9. The Morgan fingerprint density at radius 1 is 0.444 bits per heavy atom. The summed E-state index contributed by atoms with van der Waals surface area (Å²) >= 11 is 1.60. The summed E-state index contributed by atoms with van der Waals surface area (Å²) in [5, 5.41) is 55.4. The average Bonchev–Trinajstić information content (AvgIpc) is 1.68. The van der Waals surface area contributed by atoms with E-state index in [9.17, 15) is 24.3 Å². The third-order valence-electron chi connectivity index (χ3n) is 18.5. The Morgan fingerprint density at radius 2 is 0.803 bits per heavy atom. The molecule has 0 radical (unpaired) electrons. The molecule has 14 aromatic rings. The molecular formula is C86H86N16O14S. The van der Waals surface area contributed by atoms with Crippen molar-refractivity contribution in [2.24, 2.45) is 5.92 Å². The minimum atomic E-state index is -0.343. The molecule has 10 aromatic heterocycles. The number of ether oxygens (including phenoxy) is 8. The van der Waals surface area contributed by atoms with Gasteiger partial charge in [0.1, 0.15) is 28.8 Å². The summed E-state index contributed by atoms with van der Waals surface area (Å²) in [6, 6.07) is 36.2. The molecule has 4 aromatic carbocycles. The fourth-order valence-electron chi connectivity index (χ4n) is 12.1. The molecule has 1 aliphatic rings. The van der Waals surface area contributed by atoms with E-state index in [2.05, 4.69) is 82.0 Å². The molecule has 1 unspecified atom stereocenters. The van der Waals surface area contributed by atoms with Crippen LogP contribution in [0.5, 0.6) is 46.5 Å². The topological polar surface area (TPSA) is 390 Å². The number of thiophene rings is 1. The Bertz CT molecular complexity index is 5640. The lowest BCUT2D eigenvalue weighted by Gasteiger charge is -2.20. The molecule has 0 aliphatic heterocycles. The number of aliphatic hydroxyl groups is 1. The van der Waals surface area contributed by atoms with Crippen molar-refractivity contribution in [1.82, 2.24) is 82.0 Å². The van der Waals surface area contributed by atoms with Crippen molar-refractivity contribution < 1.29 is 66.6 Å². The number of H-pyrrole nitrogens is 4. The molecule has 0 saturated heterocycles. The van der Waals surface area contributed by atoms with Crippen LogP contribution in [0, 0.1) is 5.92 Å². The molecule has 10 heterocycles. The van der Waals surface area contributed by atoms with E-state index in [-0.39, 0.29) is 54.8 Å². The van der Waals surface area contributed by atoms with E-state index in [4.69, 9.17) is 42.3 Å². The summed E-state index contributed by atoms with van der Waals surface area (Å²) < 4.78 is 47.9. The number of aromatic amines is 4. The average molecular weight is 1600 g/mol. The summed E-state index contributed by atoms with van der Waals surface area (Å²) in [7, 11) is 12.5. The molecule has 117 heavy (non-hydrogen) atoms. The second-order valence-electron chi connectivity index (χ2n) is 26.4. The first-order chi connectivity index (χ1) is 57.0. The molecule has 1 atom stereocenters. The van der Waals surface area contributed by atoms with E-state index in [1.165, 1.54) is 14.2 Å². The predicted octanol–water partition coefficient (Wildman–Crippen LogP) is 13.7. The number of hydrogen-bond acceptors (Lipinski definition) is 23. The van der Waals surface area contributed by atoms with Gasteiger partial charge in [-0.3, -0.25) is 39.6 Å². The van der Waals surface area contributed by atoms with Gasteiger partial charge in [0.15, 0.2) is 0 Å². The normalized spacial score (nSPS) is 12.1. The Morgan fingerprint density at radius 3 is 1.09 bits per heavy atom. The van der Waals surface area contributed by atoms with Gasteiger partial charge in [-0.25, -0.2) is 19.9 Å². The first-order valence-electron chi connectivity index (χ1n) is 36.8. The molecule has 4 amide bonds. The number of benzene rings is 4. The highest BCUT2D eigenvalue weighted by Crippen LogP contribution is 2.37. The van der Waals surface area contributed by atoms with Gasteiger partial charge < -0.3 is 68.7 Å². The number of nitrogens with one attached hydrogen (secondary N) is 8. The summed E-state index contributed by atoms with van der Waals surface area (Å²) in [4.78, 5) is 68.7. The van der Waals surface area contributed by atoms with Gasteiger partial charge in [-0.05, 0) is 162 Å². The second-order valence-corrected chi connectivity index (χ2v) is 27.4. The number of carbonyl (C=O) groups excluding carboxylic acids is 4. The number of aromatic nitrogens is 12. The molecule has 0 spiro atoms. The zero-order valence-electron chi connectivity index (χ0n) is 65.6. The van der Waals surface area contributed by atoms with Crippen LogP contribution in [0.2, 0.25) is 0 Å². The van der Waals surface area contributed by atoms with E-state index < -0.39 is 0 Å². The Kier molecular flexibility index (Phi) is 27.6. The van der Waals surface area contributed by atoms with Gasteiger partial charge in [0.25, 0.3) is 23.6 Å². The molecule has 600 valence electrons. The summed E-state index contributed by atoms with van der Waals surface area (Å²) in [5.74, 6) is 3.96. The standard InChI is InChI=1S/C22H20N4O4.C22H26N4O4.C22H20N4O3S.C20H20N4O3/c1-28-19-10-6-14(12-23-19)5-8-17-20-18(26-25-17)9-7-16(21(20)29-2)22(27)24-13-15-4-3-11-30-15;1-13(2)18(12-27)24-22(28)15-7-9-17-20(21(15)30-4)16(25-26-17)8-5-14-6-10-19(29-3)23-11-14;1-28-19-10-6-14(12-23-19)5-8-17-20-18(26-25-17)9-7-16(21(20)29-2)22(27)24-13-15-4-3-11-30-15;1-26-17-10-4-12(11-21-17)3-8-15-18-16(24-23-15)9-7-14(19(18)27-2)20(25)22-13-5-6-13/h3-12H,13H2,1-2H3,(H,24,27)(H,25,26);5-11,13,18,27H,12H2,1-4H3,(H,24,28)(H,25,26);3-12H,13H2,1-2H3,(H,24,27)(H,25,26);3-4,7-11,13H,5-6H2,1-2H3,(H,22,25)(H,23,24)/b3*8-5+;8-3+. The minimum absolute atomic E-state index is 0.0965. The summed E-state index contributed by atoms with van der Waals surface area (Å²) in [5.41, 5.74) is 11.1. The first-order valence-corrected chi connectivity index (χ1v) is 37.7. The van der Waals surface area contributed by atoms with Gasteiger partial charge in [0, 0.05) is 60.0 Å². The first kappa shape index (κ1) is 82.0. The predicted molar refractivity (Wildman–Crippen MR) is 448 cm³/mol. The molecule has 15 rings (SSSR count). The number of aliphatic hydroxyl groups excluding tert-OH is 1. The van der Waals surface area contributed by atoms with Crippen LogP contribution in [0.4, 0.5) is 0 Å². The highest BCUT2D eigenvalue weighted by molar-refractivity contribution is 7.09. The molecule has 0 bridgehead atoms. The molecule has 1 fully saturated rings. The van der Waals surface area contributed by atoms with Crippen LogP contribution < -0.4 is 59.2 Å². The SMILES string of the molecule is COc1ccc(/C=C/c2[nH]nc3ccc(C(=O)NC(CO)C(C)C)c(OC)c23)cn1.COc1ccc(/C=C/c2[nH]nc3ccc(C(=O)NC4CC4)c(OC)c23)cn1.COc1ccc(/C=C/c2[nH]nc3ccc(C(=O)NCc4ccco4)c(OC)c23)cn1.COc1ccc(/C=C/c2[nH]nc3ccc(C(=O)NCc4cccs4)c(OC)c23)cn1. The van der Waals surface area contributed by atoms with E-state index >= 15 is 0 Å². The van der Waals surface area contributed by atoms with Crippen molar-refractivity contribution in [2.45, 2.75) is 51.9 Å². The van der Waals surface area contributed by atoms with E-state index in [0.717, 1.165) is 78.7 Å². The van der Waals surface area contributed by atoms with E-state index in [1.807, 2.05) is 110 Å². The fourth-order valence-corrected chi connectivity index (χ4v) is 12.8. The van der Waals surface area contributed by atoms with Crippen LogP contribution in [0.15, 0.2) is 162 Å². The Labute approximate surface area is 675 Å². The number of fused-ring (bicyclic) bond motifs is 4. The molecule has 1 aliphatic carbocycles. The zero-order chi connectivity index (χ0) is 82.3. The maximum absolute atomic E-state index is 12.8. The Balaban J connectivity index is 0.000000144. The fraction of sp³-hybridized carbons (Fsp3) is 0.209. The number of nitrogens with zero attached hydrogens (tertiary/aromatic N) is 8. The van der Waals surface area contributed by atoms with Gasteiger partial charge >= 0.3 is 0 Å². The van der Waals surface area contributed by atoms with E-state index in [1.54, 1.807) is 164 Å². The molecule has 9 N–H and O–H groups in total. The van der Waals surface area contributed by atoms with Crippen LogP contribution in [-0.4, -0.2) is 165 Å². The van der Waals surface area contributed by atoms with Crippen molar-refractivity contribution >= 4 is 127 Å². The van der Waals surface area contributed by atoms with Crippen molar-refractivity contribution in [3.05, 3.63) is 236 Å². The lowest BCUT2D eigenvalue weighted by Crippen LogP contribution is -2.41. The van der Waals surface area contributed by atoms with Crippen LogP contribution in [0.3, 0.4) is 0 Å². The molecule has 30 nitrogen and oxygen atoms in total. The third kappa shape index (κ3) is 20.3. The minimum Gasteiger partial charge on any atom is -0.495 e. The third-order valence-corrected chi connectivity index (χ3v) is 19.4. The van der Waals surface area contributed by atoms with Crippen LogP contribution in [0.25, 0.3) is 92.2 Å². The van der Waals surface area contributed by atoms with Crippen molar-refractivity contribution in [3.8, 4) is 46.5 Å². The largest absolute Gasteiger partial charge is 0.495 e. The lowest BCUT2D eigenvalue weighted by atomic mass is 10.0. The van der Waals surface area contributed by atoms with E-state index in [0.29, 0.717) is 109 Å². The maximum atomic E-state index is 12.8. The number of carbonyl (C=O) groups is 4. The van der Waals surface area contributed by atoms with Gasteiger partial charge in [-0.1, -0.05) is 44.2 Å². The number of amides is 4. The molecular weight excluding hydrogens is 1510 g/mol. The van der Waals surface area contributed by atoms with Gasteiger partial charge in [-0.15, -0.1) is 11.3 Å². The number of pyridine rings is 4. The Hall–Kier alpha value is -14.5. The second kappa shape index (κ2) is 39.3. The maximum Gasteiger partial charge on any atom is 0.255 e. The van der Waals surface area contributed by atoms with Crippen molar-refractivity contribution in [1.29, 1.82) is 0 Å². The van der Waals surface area contributed by atoms with Gasteiger partial charge in [0.05, 0.1) is 178 Å². The van der Waals surface area contributed by atoms with Gasteiger partial charge in [-0.2, -0.15) is 20.4 Å². The zero-order valence-corrected chi connectivity index (χ0v) is 66.5. The number of rotatable bonds is 28. The van der Waals surface area contributed by atoms with Crippen LogP contribution in [0.1, 0.15) is 124 Å². The lowest BCUT2D eigenvalue weighted by molar-refractivity contribution is 0.0891. The van der Waals surface area contributed by atoms with Crippen molar-refractivity contribution in [2.75, 3.05) is 63.5 Å². The van der Waals surface area contributed by atoms with Gasteiger partial charge in [0.2, 0.25) is 23.5 Å². The summed E-state index contributed by atoms with van der Waals surface area (Å²) in [6.45, 7) is 4.50. The molecule has 1 saturated carbocycles. The quantitative estimate of drug-likeness (QED) is 0.0220. The smallest absolute Gasteiger partial charge is 0.255 e. The monoisotopic (exact) mass is 1600 g/mol. The molecule has 31 heteroatoms. The highest BCUT2D eigenvalue weighted by Gasteiger charge is 2.28. The summed E-state index contributed by atoms with van der Waals surface area (Å²) in [6.07, 6.45) is 25.6. The highest BCUT2D eigenvalue weighted by atomic mass is 32.1. The number of methoxy groups -OCH3 is 8. The van der Waals surface area contributed by atoms with Crippen LogP contribution in [-0.2, 0) is 13.1 Å².